The number of esters is 2. The van der Waals surface area contributed by atoms with Gasteiger partial charge >= 0.3 is 11.9 Å². The Kier molecular flexibility index (Phi) is 3.25. The van der Waals surface area contributed by atoms with Gasteiger partial charge in [0.05, 0.1) is 13.0 Å². The van der Waals surface area contributed by atoms with Crippen LogP contribution in [0.2, 0.25) is 0 Å². The second-order valence-electron chi connectivity index (χ2n) is 2.89. The lowest BCUT2D eigenvalue weighted by atomic mass is 10.1. The maximum absolute atomic E-state index is 11.0. The van der Waals surface area contributed by atoms with Crippen molar-refractivity contribution in [2.24, 2.45) is 5.92 Å². The zero-order valence-corrected chi connectivity index (χ0v) is 7.61. The molecule has 0 aromatic rings. The van der Waals surface area contributed by atoms with Crippen molar-refractivity contribution in [2.75, 3.05) is 13.7 Å². The van der Waals surface area contributed by atoms with Crippen molar-refractivity contribution in [3.63, 3.8) is 0 Å². The van der Waals surface area contributed by atoms with Crippen LogP contribution in [0.3, 0.4) is 0 Å². The van der Waals surface area contributed by atoms with Gasteiger partial charge < -0.3 is 14.2 Å². The highest BCUT2D eigenvalue weighted by molar-refractivity contribution is 5.73. The van der Waals surface area contributed by atoms with Crippen molar-refractivity contribution < 1.29 is 23.8 Å². The fraction of sp³-hybridized carbons (Fsp3) is 0.750. The van der Waals surface area contributed by atoms with Gasteiger partial charge in [0, 0.05) is 6.42 Å². The number of hydrogen-bond acceptors (Lipinski definition) is 5. The van der Waals surface area contributed by atoms with Crippen LogP contribution >= 0.6 is 0 Å². The number of carbonyl (C=O) groups excluding carboxylic acids is 2. The Labute approximate surface area is 76.0 Å². The number of carbonyl (C=O) groups is 2. The second kappa shape index (κ2) is 4.23. The number of cyclic esters (lactones) is 1. The van der Waals surface area contributed by atoms with Gasteiger partial charge in [-0.05, 0) is 0 Å². The van der Waals surface area contributed by atoms with Gasteiger partial charge in [0.15, 0.2) is 0 Å². The van der Waals surface area contributed by atoms with Gasteiger partial charge in [-0.3, -0.25) is 4.79 Å². The minimum absolute atomic E-state index is 0.0292. The molecular weight excluding hydrogens is 176 g/mol. The van der Waals surface area contributed by atoms with E-state index in [1.54, 1.807) is 6.92 Å². The Morgan fingerprint density at radius 1 is 1.77 bits per heavy atom. The molecule has 5 nitrogen and oxygen atoms in total. The highest BCUT2D eigenvalue weighted by Gasteiger charge is 2.28. The van der Waals surface area contributed by atoms with Gasteiger partial charge in [0.25, 0.3) is 0 Å². The third kappa shape index (κ3) is 2.69. The summed E-state index contributed by atoms with van der Waals surface area (Å²) in [6, 6.07) is 0. The molecule has 0 bridgehead atoms. The van der Waals surface area contributed by atoms with Crippen molar-refractivity contribution in [1.29, 1.82) is 0 Å². The molecule has 2 atom stereocenters. The third-order valence-electron chi connectivity index (χ3n) is 1.80. The monoisotopic (exact) mass is 188 g/mol. The van der Waals surface area contributed by atoms with Crippen molar-refractivity contribution in [3.05, 3.63) is 0 Å². The first kappa shape index (κ1) is 9.98. The van der Waals surface area contributed by atoms with E-state index in [0.717, 1.165) is 0 Å². The Morgan fingerprint density at radius 3 is 2.92 bits per heavy atom. The molecule has 1 fully saturated rings. The summed E-state index contributed by atoms with van der Waals surface area (Å²) >= 11 is 0. The van der Waals surface area contributed by atoms with Gasteiger partial charge in [0.1, 0.15) is 6.61 Å². The summed E-state index contributed by atoms with van der Waals surface area (Å²) in [7, 11) is 1.32. The summed E-state index contributed by atoms with van der Waals surface area (Å²) in [5.74, 6) is -1.03. The molecule has 0 aliphatic carbocycles. The molecule has 2 unspecified atom stereocenters. The number of hydrogen-bond donors (Lipinski definition) is 0. The van der Waals surface area contributed by atoms with Gasteiger partial charge in [-0.2, -0.15) is 0 Å². The normalized spacial score (nSPS) is 23.8. The maximum Gasteiger partial charge on any atom is 0.334 e. The lowest BCUT2D eigenvalue weighted by Gasteiger charge is -2.12. The van der Waals surface area contributed by atoms with Crippen LogP contribution in [0.15, 0.2) is 0 Å². The summed E-state index contributed by atoms with van der Waals surface area (Å²) in [6.07, 6.45) is -0.250. The molecule has 5 heteroatoms. The smallest absolute Gasteiger partial charge is 0.334 e. The van der Waals surface area contributed by atoms with Crippen LogP contribution in [0.25, 0.3) is 0 Å². The van der Waals surface area contributed by atoms with Crippen molar-refractivity contribution in [3.8, 4) is 0 Å². The number of methoxy groups -OCH3 is 1. The zero-order valence-electron chi connectivity index (χ0n) is 7.61. The van der Waals surface area contributed by atoms with Crippen LogP contribution in [0.4, 0.5) is 0 Å². The predicted molar refractivity (Wildman–Crippen MR) is 41.6 cm³/mol. The molecule has 1 heterocycles. The molecule has 1 aliphatic heterocycles. The van der Waals surface area contributed by atoms with Crippen molar-refractivity contribution in [2.45, 2.75) is 19.6 Å². The van der Waals surface area contributed by atoms with E-state index in [1.165, 1.54) is 7.11 Å². The molecule has 0 amide bonds. The maximum atomic E-state index is 11.0. The van der Waals surface area contributed by atoms with Crippen molar-refractivity contribution in [1.82, 2.24) is 0 Å². The molecule has 0 aromatic carbocycles. The average molecular weight is 188 g/mol. The average Bonchev–Trinajstić information content (AvgIpc) is 2.49. The van der Waals surface area contributed by atoms with Crippen LogP contribution in [0.5, 0.6) is 0 Å². The molecule has 0 saturated carbocycles. The van der Waals surface area contributed by atoms with Gasteiger partial charge in [-0.25, -0.2) is 4.79 Å². The first-order valence-corrected chi connectivity index (χ1v) is 4.02. The molecule has 1 rings (SSSR count). The fourth-order valence-corrected chi connectivity index (χ4v) is 1.08. The largest absolute Gasteiger partial charge is 0.469 e. The minimum Gasteiger partial charge on any atom is -0.469 e. The van der Waals surface area contributed by atoms with E-state index in [9.17, 15) is 9.59 Å². The Morgan fingerprint density at radius 2 is 2.46 bits per heavy atom. The number of rotatable bonds is 3. The Bertz CT molecular complexity index is 213. The lowest BCUT2D eigenvalue weighted by Crippen LogP contribution is -2.20. The van der Waals surface area contributed by atoms with E-state index in [2.05, 4.69) is 4.74 Å². The molecule has 0 spiro atoms. The summed E-state index contributed by atoms with van der Waals surface area (Å²) in [5.41, 5.74) is 0. The van der Waals surface area contributed by atoms with Crippen LogP contribution in [-0.4, -0.2) is 31.9 Å². The second-order valence-corrected chi connectivity index (χ2v) is 2.89. The number of ether oxygens (including phenoxy) is 3. The van der Waals surface area contributed by atoms with E-state index < -0.39 is 6.29 Å². The van der Waals surface area contributed by atoms with Crippen LogP contribution < -0.4 is 0 Å². The lowest BCUT2D eigenvalue weighted by molar-refractivity contribution is -0.153. The van der Waals surface area contributed by atoms with Gasteiger partial charge in [-0.1, -0.05) is 6.92 Å². The molecule has 1 saturated heterocycles. The SMILES string of the molecule is COC(=O)C(C)CC1OCC(=O)O1. The quantitative estimate of drug-likeness (QED) is 0.587. The molecular formula is C8H12O5. The van der Waals surface area contributed by atoms with Crippen LogP contribution in [-0.2, 0) is 23.8 Å². The summed E-state index contributed by atoms with van der Waals surface area (Å²) < 4.78 is 14.2. The highest BCUT2D eigenvalue weighted by Crippen LogP contribution is 2.15. The van der Waals surface area contributed by atoms with E-state index in [0.29, 0.717) is 6.42 Å². The van der Waals surface area contributed by atoms with Gasteiger partial charge in [-0.15, -0.1) is 0 Å². The molecule has 0 aromatic heterocycles. The molecule has 0 N–H and O–H groups in total. The summed E-state index contributed by atoms with van der Waals surface area (Å²) in [4.78, 5) is 21.6. The van der Waals surface area contributed by atoms with E-state index in [-0.39, 0.29) is 24.5 Å². The van der Waals surface area contributed by atoms with E-state index in [4.69, 9.17) is 9.47 Å². The molecule has 1 aliphatic rings. The topological polar surface area (TPSA) is 61.8 Å². The molecule has 74 valence electrons. The molecule has 0 radical (unpaired) electrons. The van der Waals surface area contributed by atoms with Crippen LogP contribution in [0, 0.1) is 5.92 Å². The molecule has 13 heavy (non-hydrogen) atoms. The zero-order chi connectivity index (χ0) is 9.84. The standard InChI is InChI=1S/C8H12O5/c1-5(8(10)11-2)3-7-12-4-6(9)13-7/h5,7H,3-4H2,1-2H3. The minimum atomic E-state index is -0.596. The van der Waals surface area contributed by atoms with E-state index in [1.807, 2.05) is 0 Å². The Hall–Kier alpha value is -1.10. The van der Waals surface area contributed by atoms with Gasteiger partial charge in [0.2, 0.25) is 6.29 Å². The summed E-state index contributed by atoms with van der Waals surface area (Å²) in [5, 5.41) is 0. The Balaban J connectivity index is 2.32. The predicted octanol–water partition coefficient (Wildman–Crippen LogP) is 0.0851. The van der Waals surface area contributed by atoms with Crippen molar-refractivity contribution >= 4 is 11.9 Å². The van der Waals surface area contributed by atoms with E-state index >= 15 is 0 Å². The fourth-order valence-electron chi connectivity index (χ4n) is 1.08. The summed E-state index contributed by atoms with van der Waals surface area (Å²) in [6.45, 7) is 1.67. The highest BCUT2D eigenvalue weighted by atomic mass is 16.7. The third-order valence-corrected chi connectivity index (χ3v) is 1.80. The first-order valence-electron chi connectivity index (χ1n) is 4.02. The first-order chi connectivity index (χ1) is 6.13. The van der Waals surface area contributed by atoms with Crippen LogP contribution in [0.1, 0.15) is 13.3 Å².